The standard InChI is InChI=1S/C22H24FN3O/c23-20-7-3-1-5-17(20)13-25-22(27)15-26-11-9-16(10-12-26)19-14-24-21-8-4-2-6-18(19)21/h1-8,14,16,24H,9-13,15H2,(H,25,27). The lowest BCUT2D eigenvalue weighted by Crippen LogP contribution is -2.41. The minimum absolute atomic E-state index is 0.0520. The fourth-order valence-electron chi connectivity index (χ4n) is 3.93. The van der Waals surface area contributed by atoms with E-state index in [-0.39, 0.29) is 18.3 Å². The van der Waals surface area contributed by atoms with Gasteiger partial charge in [-0.2, -0.15) is 0 Å². The number of carbonyl (C=O) groups is 1. The molecule has 0 atom stereocenters. The van der Waals surface area contributed by atoms with Crippen molar-refractivity contribution in [3.05, 3.63) is 71.7 Å². The van der Waals surface area contributed by atoms with Crippen molar-refractivity contribution in [1.29, 1.82) is 0 Å². The van der Waals surface area contributed by atoms with Gasteiger partial charge in [0, 0.05) is 29.2 Å². The van der Waals surface area contributed by atoms with Gasteiger partial charge in [0.2, 0.25) is 5.91 Å². The van der Waals surface area contributed by atoms with Crippen LogP contribution >= 0.6 is 0 Å². The van der Waals surface area contributed by atoms with Gasteiger partial charge >= 0.3 is 0 Å². The van der Waals surface area contributed by atoms with Crippen molar-refractivity contribution in [1.82, 2.24) is 15.2 Å². The van der Waals surface area contributed by atoms with Gasteiger partial charge in [-0.05, 0) is 49.5 Å². The number of rotatable bonds is 5. The Morgan fingerprint density at radius 2 is 1.85 bits per heavy atom. The van der Waals surface area contributed by atoms with Crippen molar-refractivity contribution < 1.29 is 9.18 Å². The van der Waals surface area contributed by atoms with Crippen LogP contribution in [0.3, 0.4) is 0 Å². The molecule has 1 saturated heterocycles. The molecule has 0 aliphatic carbocycles. The molecule has 1 aliphatic heterocycles. The molecule has 1 aliphatic rings. The molecule has 2 N–H and O–H groups in total. The number of piperidine rings is 1. The van der Waals surface area contributed by atoms with Crippen LogP contribution in [0.1, 0.15) is 29.9 Å². The number of H-pyrrole nitrogens is 1. The Balaban J connectivity index is 1.28. The van der Waals surface area contributed by atoms with Crippen LogP contribution in [0, 0.1) is 5.82 Å². The Morgan fingerprint density at radius 1 is 1.11 bits per heavy atom. The first kappa shape index (κ1) is 17.7. The fraction of sp³-hybridized carbons (Fsp3) is 0.318. The molecule has 5 heteroatoms. The third-order valence-electron chi connectivity index (χ3n) is 5.45. The molecule has 3 aromatic rings. The lowest BCUT2D eigenvalue weighted by molar-refractivity contribution is -0.122. The van der Waals surface area contributed by atoms with Crippen molar-refractivity contribution in [2.75, 3.05) is 19.6 Å². The molecule has 0 spiro atoms. The van der Waals surface area contributed by atoms with Crippen molar-refractivity contribution in [3.63, 3.8) is 0 Å². The molecule has 1 fully saturated rings. The summed E-state index contributed by atoms with van der Waals surface area (Å²) in [5, 5.41) is 4.13. The van der Waals surface area contributed by atoms with E-state index in [4.69, 9.17) is 0 Å². The zero-order valence-corrected chi connectivity index (χ0v) is 15.2. The lowest BCUT2D eigenvalue weighted by Gasteiger charge is -2.31. The Morgan fingerprint density at radius 3 is 2.67 bits per heavy atom. The number of hydrogen-bond acceptors (Lipinski definition) is 2. The van der Waals surface area contributed by atoms with Gasteiger partial charge in [0.15, 0.2) is 0 Å². The average molecular weight is 365 g/mol. The summed E-state index contributed by atoms with van der Waals surface area (Å²) in [6.45, 7) is 2.40. The molecule has 140 valence electrons. The van der Waals surface area contributed by atoms with E-state index in [1.807, 2.05) is 6.07 Å². The average Bonchev–Trinajstić information content (AvgIpc) is 3.12. The van der Waals surface area contributed by atoms with Gasteiger partial charge in [-0.25, -0.2) is 4.39 Å². The number of para-hydroxylation sites is 1. The van der Waals surface area contributed by atoms with Crippen molar-refractivity contribution in [2.45, 2.75) is 25.3 Å². The Kier molecular flexibility index (Phi) is 5.21. The minimum atomic E-state index is -0.280. The summed E-state index contributed by atoms with van der Waals surface area (Å²) in [6, 6.07) is 14.9. The molecule has 0 radical (unpaired) electrons. The minimum Gasteiger partial charge on any atom is -0.361 e. The van der Waals surface area contributed by atoms with Crippen LogP contribution in [0.4, 0.5) is 4.39 Å². The highest BCUT2D eigenvalue weighted by Gasteiger charge is 2.23. The molecular formula is C22H24FN3O. The second-order valence-electron chi connectivity index (χ2n) is 7.21. The number of fused-ring (bicyclic) bond motifs is 1. The second-order valence-corrected chi connectivity index (χ2v) is 7.21. The number of aromatic nitrogens is 1. The maximum absolute atomic E-state index is 13.6. The fourth-order valence-corrected chi connectivity index (χ4v) is 3.93. The van der Waals surface area contributed by atoms with Gasteiger partial charge in [-0.15, -0.1) is 0 Å². The molecule has 27 heavy (non-hydrogen) atoms. The first-order valence-electron chi connectivity index (χ1n) is 9.49. The Hall–Kier alpha value is -2.66. The number of benzene rings is 2. The molecule has 1 amide bonds. The maximum atomic E-state index is 13.6. The van der Waals surface area contributed by atoms with Crippen LogP contribution in [-0.4, -0.2) is 35.4 Å². The molecule has 0 unspecified atom stereocenters. The van der Waals surface area contributed by atoms with Crippen LogP contribution in [0.5, 0.6) is 0 Å². The van der Waals surface area contributed by atoms with Crippen LogP contribution in [0.2, 0.25) is 0 Å². The summed E-state index contributed by atoms with van der Waals surface area (Å²) < 4.78 is 13.6. The number of likely N-dealkylation sites (tertiary alicyclic amines) is 1. The third-order valence-corrected chi connectivity index (χ3v) is 5.45. The largest absolute Gasteiger partial charge is 0.361 e. The quantitative estimate of drug-likeness (QED) is 0.722. The van der Waals surface area contributed by atoms with E-state index >= 15 is 0 Å². The van der Waals surface area contributed by atoms with Crippen LogP contribution < -0.4 is 5.32 Å². The van der Waals surface area contributed by atoms with E-state index in [1.165, 1.54) is 22.5 Å². The molecule has 0 saturated carbocycles. The highest BCUT2D eigenvalue weighted by molar-refractivity contribution is 5.83. The number of aromatic amines is 1. The molecule has 0 bridgehead atoms. The van der Waals surface area contributed by atoms with Crippen LogP contribution in [0.15, 0.2) is 54.7 Å². The monoisotopic (exact) mass is 365 g/mol. The van der Waals surface area contributed by atoms with E-state index in [9.17, 15) is 9.18 Å². The first-order chi connectivity index (χ1) is 13.2. The highest BCUT2D eigenvalue weighted by atomic mass is 19.1. The number of amides is 1. The van der Waals surface area contributed by atoms with Crippen molar-refractivity contribution in [3.8, 4) is 0 Å². The van der Waals surface area contributed by atoms with Crippen molar-refractivity contribution >= 4 is 16.8 Å². The molecule has 1 aromatic heterocycles. The first-order valence-corrected chi connectivity index (χ1v) is 9.49. The van der Waals surface area contributed by atoms with E-state index in [0.717, 1.165) is 25.9 Å². The predicted molar refractivity (Wildman–Crippen MR) is 105 cm³/mol. The highest BCUT2D eigenvalue weighted by Crippen LogP contribution is 2.32. The Bertz CT molecular complexity index is 928. The van der Waals surface area contributed by atoms with Crippen LogP contribution in [-0.2, 0) is 11.3 Å². The maximum Gasteiger partial charge on any atom is 0.234 e. The van der Waals surface area contributed by atoms with Gasteiger partial charge in [-0.3, -0.25) is 9.69 Å². The van der Waals surface area contributed by atoms with Gasteiger partial charge in [0.25, 0.3) is 0 Å². The smallest absolute Gasteiger partial charge is 0.234 e. The molecule has 4 nitrogen and oxygen atoms in total. The van der Waals surface area contributed by atoms with Gasteiger partial charge in [0.1, 0.15) is 5.82 Å². The van der Waals surface area contributed by atoms with Crippen molar-refractivity contribution in [2.24, 2.45) is 0 Å². The summed E-state index contributed by atoms with van der Waals surface area (Å²) in [4.78, 5) is 17.7. The van der Waals surface area contributed by atoms with E-state index in [0.29, 0.717) is 18.0 Å². The summed E-state index contributed by atoms with van der Waals surface area (Å²) >= 11 is 0. The SMILES string of the molecule is O=C(CN1CCC(c2c[nH]c3ccccc23)CC1)NCc1ccccc1F. The Labute approximate surface area is 158 Å². The summed E-state index contributed by atoms with van der Waals surface area (Å²) in [6.07, 6.45) is 4.22. The summed E-state index contributed by atoms with van der Waals surface area (Å²) in [7, 11) is 0. The third kappa shape index (κ3) is 4.03. The molecule has 4 rings (SSSR count). The van der Waals surface area contributed by atoms with Gasteiger partial charge in [-0.1, -0.05) is 36.4 Å². The van der Waals surface area contributed by atoms with E-state index in [1.54, 1.807) is 18.2 Å². The molecule has 2 aromatic carbocycles. The number of halogens is 1. The predicted octanol–water partition coefficient (Wildman–Crippen LogP) is 3.80. The zero-order valence-electron chi connectivity index (χ0n) is 15.2. The van der Waals surface area contributed by atoms with E-state index < -0.39 is 0 Å². The molecular weight excluding hydrogens is 341 g/mol. The van der Waals surface area contributed by atoms with Crippen LogP contribution in [0.25, 0.3) is 10.9 Å². The second kappa shape index (κ2) is 7.92. The lowest BCUT2D eigenvalue weighted by atomic mass is 9.89. The van der Waals surface area contributed by atoms with E-state index in [2.05, 4.69) is 39.6 Å². The molecule has 2 heterocycles. The number of hydrogen-bond donors (Lipinski definition) is 2. The topological polar surface area (TPSA) is 48.1 Å². The van der Waals surface area contributed by atoms with Gasteiger partial charge in [0.05, 0.1) is 6.54 Å². The zero-order chi connectivity index (χ0) is 18.6. The summed E-state index contributed by atoms with van der Waals surface area (Å²) in [5.41, 5.74) is 3.08. The number of nitrogens with one attached hydrogen (secondary N) is 2. The number of carbonyl (C=O) groups excluding carboxylic acids is 1. The number of nitrogens with zero attached hydrogens (tertiary/aromatic N) is 1. The van der Waals surface area contributed by atoms with Gasteiger partial charge < -0.3 is 10.3 Å². The summed E-state index contributed by atoms with van der Waals surface area (Å²) in [5.74, 6) is 0.194. The normalized spacial score (nSPS) is 15.9.